The predicted molar refractivity (Wildman–Crippen MR) is 85.2 cm³/mol. The van der Waals surface area contributed by atoms with Gasteiger partial charge in [-0.05, 0) is 38.1 Å². The van der Waals surface area contributed by atoms with Gasteiger partial charge in [-0.1, -0.05) is 17.7 Å². The molecule has 2 aromatic rings. The number of nitrogens with zero attached hydrogens (tertiary/aromatic N) is 1. The van der Waals surface area contributed by atoms with Crippen molar-refractivity contribution in [3.05, 3.63) is 51.7 Å². The summed E-state index contributed by atoms with van der Waals surface area (Å²) in [5, 5.41) is 3.50. The van der Waals surface area contributed by atoms with Crippen LogP contribution in [0.5, 0.6) is 0 Å². The SMILES string of the molecule is Cc1ccc(N(C)CCNCc2ccc(C)s2)cc1. The first-order valence-electron chi connectivity index (χ1n) is 6.69. The summed E-state index contributed by atoms with van der Waals surface area (Å²) in [6.07, 6.45) is 0. The highest BCUT2D eigenvalue weighted by molar-refractivity contribution is 7.11. The summed E-state index contributed by atoms with van der Waals surface area (Å²) in [4.78, 5) is 5.08. The Bertz CT molecular complexity index is 502. The van der Waals surface area contributed by atoms with Gasteiger partial charge in [0.25, 0.3) is 0 Å². The maximum absolute atomic E-state index is 3.50. The molecule has 0 spiro atoms. The van der Waals surface area contributed by atoms with E-state index in [0.717, 1.165) is 19.6 Å². The van der Waals surface area contributed by atoms with Crippen LogP contribution in [-0.4, -0.2) is 20.1 Å². The molecular weight excluding hydrogens is 252 g/mol. The number of nitrogens with one attached hydrogen (secondary N) is 1. The molecule has 2 nitrogen and oxygen atoms in total. The average molecular weight is 274 g/mol. The molecule has 0 saturated carbocycles. The Labute approximate surface area is 120 Å². The van der Waals surface area contributed by atoms with Crippen LogP contribution < -0.4 is 10.2 Å². The summed E-state index contributed by atoms with van der Waals surface area (Å²) in [5.74, 6) is 0. The molecule has 1 N–H and O–H groups in total. The van der Waals surface area contributed by atoms with E-state index in [4.69, 9.17) is 0 Å². The molecule has 0 amide bonds. The molecule has 0 aliphatic heterocycles. The van der Waals surface area contributed by atoms with E-state index in [2.05, 4.69) is 67.5 Å². The van der Waals surface area contributed by atoms with Crippen molar-refractivity contribution >= 4 is 17.0 Å². The Morgan fingerprint density at radius 2 is 1.79 bits per heavy atom. The molecular formula is C16H22N2S. The minimum Gasteiger partial charge on any atom is -0.373 e. The summed E-state index contributed by atoms with van der Waals surface area (Å²) in [6, 6.07) is 13.1. The largest absolute Gasteiger partial charge is 0.373 e. The molecule has 0 bridgehead atoms. The van der Waals surface area contributed by atoms with Crippen LogP contribution in [0.1, 0.15) is 15.3 Å². The van der Waals surface area contributed by atoms with Gasteiger partial charge in [0.15, 0.2) is 0 Å². The molecule has 0 unspecified atom stereocenters. The fourth-order valence-electron chi connectivity index (χ4n) is 1.97. The van der Waals surface area contributed by atoms with Crippen molar-refractivity contribution in [1.82, 2.24) is 5.32 Å². The van der Waals surface area contributed by atoms with Crippen LogP contribution in [-0.2, 0) is 6.54 Å². The lowest BCUT2D eigenvalue weighted by atomic mass is 10.2. The van der Waals surface area contributed by atoms with Crippen molar-refractivity contribution in [2.75, 3.05) is 25.0 Å². The summed E-state index contributed by atoms with van der Waals surface area (Å²) in [7, 11) is 2.14. The summed E-state index contributed by atoms with van der Waals surface area (Å²) in [6.45, 7) is 7.27. The average Bonchev–Trinajstić information content (AvgIpc) is 2.81. The Balaban J connectivity index is 1.72. The number of aryl methyl sites for hydroxylation is 2. The maximum Gasteiger partial charge on any atom is 0.0364 e. The van der Waals surface area contributed by atoms with Crippen LogP contribution in [0.4, 0.5) is 5.69 Å². The number of anilines is 1. The molecule has 1 aromatic heterocycles. The molecule has 0 aliphatic rings. The van der Waals surface area contributed by atoms with E-state index >= 15 is 0 Å². The van der Waals surface area contributed by atoms with Gasteiger partial charge in [-0.25, -0.2) is 0 Å². The zero-order chi connectivity index (χ0) is 13.7. The topological polar surface area (TPSA) is 15.3 Å². The van der Waals surface area contributed by atoms with Gasteiger partial charge in [0.05, 0.1) is 0 Å². The first kappa shape index (κ1) is 14.1. The minimum atomic E-state index is 0.972. The molecule has 2 rings (SSSR count). The van der Waals surface area contributed by atoms with Crippen molar-refractivity contribution in [1.29, 1.82) is 0 Å². The molecule has 1 heterocycles. The second-order valence-electron chi connectivity index (χ2n) is 4.95. The van der Waals surface area contributed by atoms with Gasteiger partial charge >= 0.3 is 0 Å². The second kappa shape index (κ2) is 6.73. The highest BCUT2D eigenvalue weighted by Gasteiger charge is 2.00. The standard InChI is InChI=1S/C16H22N2S/c1-13-4-7-15(8-5-13)18(3)11-10-17-12-16-9-6-14(2)19-16/h4-9,17H,10-12H2,1-3H3. The van der Waals surface area contributed by atoms with Crippen molar-refractivity contribution < 1.29 is 0 Å². The smallest absolute Gasteiger partial charge is 0.0364 e. The monoisotopic (exact) mass is 274 g/mol. The zero-order valence-electron chi connectivity index (χ0n) is 11.9. The van der Waals surface area contributed by atoms with E-state index < -0.39 is 0 Å². The summed E-state index contributed by atoms with van der Waals surface area (Å²) in [5.41, 5.74) is 2.59. The van der Waals surface area contributed by atoms with Gasteiger partial charge in [0.2, 0.25) is 0 Å². The normalized spacial score (nSPS) is 10.7. The number of benzene rings is 1. The third kappa shape index (κ3) is 4.37. The van der Waals surface area contributed by atoms with Gasteiger partial charge in [0.1, 0.15) is 0 Å². The Hall–Kier alpha value is -1.32. The number of hydrogen-bond donors (Lipinski definition) is 1. The number of likely N-dealkylation sites (N-methyl/N-ethyl adjacent to an activating group) is 1. The minimum absolute atomic E-state index is 0.972. The van der Waals surface area contributed by atoms with Crippen LogP contribution >= 0.6 is 11.3 Å². The second-order valence-corrected chi connectivity index (χ2v) is 6.32. The fourth-order valence-corrected chi connectivity index (χ4v) is 2.83. The third-order valence-corrected chi connectivity index (χ3v) is 4.19. The maximum atomic E-state index is 3.50. The number of hydrogen-bond acceptors (Lipinski definition) is 3. The molecule has 1 aromatic carbocycles. The zero-order valence-corrected chi connectivity index (χ0v) is 12.8. The van der Waals surface area contributed by atoms with Crippen molar-refractivity contribution in [3.8, 4) is 0 Å². The van der Waals surface area contributed by atoms with E-state index in [1.807, 2.05) is 11.3 Å². The van der Waals surface area contributed by atoms with E-state index in [-0.39, 0.29) is 0 Å². The molecule has 3 heteroatoms. The van der Waals surface area contributed by atoms with Gasteiger partial charge in [-0.2, -0.15) is 0 Å². The first-order valence-corrected chi connectivity index (χ1v) is 7.50. The van der Waals surface area contributed by atoms with E-state index in [1.54, 1.807) is 0 Å². The summed E-state index contributed by atoms with van der Waals surface area (Å²) >= 11 is 1.87. The van der Waals surface area contributed by atoms with Crippen LogP contribution in [0.15, 0.2) is 36.4 Å². The number of rotatable bonds is 6. The summed E-state index contributed by atoms with van der Waals surface area (Å²) < 4.78 is 0. The quantitative estimate of drug-likeness (QED) is 0.810. The third-order valence-electron chi connectivity index (χ3n) is 3.19. The van der Waals surface area contributed by atoms with Crippen LogP contribution in [0.2, 0.25) is 0 Å². The molecule has 102 valence electrons. The fraction of sp³-hybridized carbons (Fsp3) is 0.375. The van der Waals surface area contributed by atoms with Crippen molar-refractivity contribution in [2.24, 2.45) is 0 Å². The predicted octanol–water partition coefficient (Wildman–Crippen LogP) is 3.59. The lowest BCUT2D eigenvalue weighted by molar-refractivity contribution is 0.685. The molecule has 0 atom stereocenters. The van der Waals surface area contributed by atoms with Gasteiger partial charge in [0, 0.05) is 42.1 Å². The van der Waals surface area contributed by atoms with Gasteiger partial charge in [-0.15, -0.1) is 11.3 Å². The Morgan fingerprint density at radius 3 is 2.42 bits per heavy atom. The van der Waals surface area contributed by atoms with Crippen LogP contribution in [0.25, 0.3) is 0 Å². The number of thiophene rings is 1. The van der Waals surface area contributed by atoms with E-state index in [0.29, 0.717) is 0 Å². The van der Waals surface area contributed by atoms with Crippen molar-refractivity contribution in [2.45, 2.75) is 20.4 Å². The lowest BCUT2D eigenvalue weighted by Crippen LogP contribution is -2.28. The van der Waals surface area contributed by atoms with Crippen LogP contribution in [0, 0.1) is 13.8 Å². The first-order chi connectivity index (χ1) is 9.15. The highest BCUT2D eigenvalue weighted by Crippen LogP contribution is 2.15. The lowest BCUT2D eigenvalue weighted by Gasteiger charge is -2.19. The molecule has 0 fully saturated rings. The van der Waals surface area contributed by atoms with E-state index in [1.165, 1.54) is 21.0 Å². The van der Waals surface area contributed by atoms with Gasteiger partial charge < -0.3 is 10.2 Å². The molecule has 0 saturated heterocycles. The molecule has 0 radical (unpaired) electrons. The van der Waals surface area contributed by atoms with Crippen molar-refractivity contribution in [3.63, 3.8) is 0 Å². The molecule has 0 aliphatic carbocycles. The van der Waals surface area contributed by atoms with Crippen LogP contribution in [0.3, 0.4) is 0 Å². The van der Waals surface area contributed by atoms with E-state index in [9.17, 15) is 0 Å². The molecule has 19 heavy (non-hydrogen) atoms. The Morgan fingerprint density at radius 1 is 1.05 bits per heavy atom. The Kier molecular flexibility index (Phi) is 5.00. The highest BCUT2D eigenvalue weighted by atomic mass is 32.1. The van der Waals surface area contributed by atoms with Gasteiger partial charge in [-0.3, -0.25) is 0 Å².